The molecule has 2 heterocycles. The maximum absolute atomic E-state index is 13.6. The molecule has 0 aliphatic carbocycles. The molecule has 0 radical (unpaired) electrons. The molecule has 7 heteroatoms. The fraction of sp³-hybridized carbons (Fsp3) is 0.304. The second-order valence-corrected chi connectivity index (χ2v) is 8.09. The Bertz CT molecular complexity index is 1150. The summed E-state index contributed by atoms with van der Waals surface area (Å²) in [6.07, 6.45) is 0. The van der Waals surface area contributed by atoms with Gasteiger partial charge in [0.2, 0.25) is 0 Å². The molecule has 0 spiro atoms. The van der Waals surface area contributed by atoms with E-state index < -0.39 is 12.1 Å². The van der Waals surface area contributed by atoms with Crippen molar-refractivity contribution < 1.29 is 18.4 Å². The summed E-state index contributed by atoms with van der Waals surface area (Å²) in [7, 11) is 1.75. The van der Waals surface area contributed by atoms with Gasteiger partial charge < -0.3 is 20.0 Å². The number of hydrogen-bond donors (Lipinski definition) is 2. The number of amides is 3. The van der Waals surface area contributed by atoms with Crippen LogP contribution in [0.5, 0.6) is 0 Å². The third kappa shape index (κ3) is 3.51. The molecular weight excluding hydrogens is 385 g/mol. The lowest BCUT2D eigenvalue weighted by atomic mass is 9.98. The van der Waals surface area contributed by atoms with E-state index in [1.165, 1.54) is 12.1 Å². The van der Waals surface area contributed by atoms with Gasteiger partial charge in [0.05, 0.1) is 6.04 Å². The minimum atomic E-state index is -0.404. The molecule has 1 aliphatic heterocycles. The second-order valence-electron chi connectivity index (χ2n) is 8.09. The van der Waals surface area contributed by atoms with Crippen LogP contribution in [0.1, 0.15) is 47.1 Å². The number of urea groups is 1. The first kappa shape index (κ1) is 19.9. The van der Waals surface area contributed by atoms with Crippen molar-refractivity contribution in [3.8, 4) is 0 Å². The molecule has 0 saturated carbocycles. The van der Waals surface area contributed by atoms with Gasteiger partial charge in [0.15, 0.2) is 0 Å². The van der Waals surface area contributed by atoms with Crippen LogP contribution in [0, 0.1) is 18.7 Å². The Labute approximate surface area is 174 Å². The molecule has 2 aromatic carbocycles. The van der Waals surface area contributed by atoms with Crippen molar-refractivity contribution in [2.75, 3.05) is 12.4 Å². The zero-order valence-electron chi connectivity index (χ0n) is 17.4. The van der Waals surface area contributed by atoms with E-state index in [0.717, 1.165) is 11.1 Å². The van der Waals surface area contributed by atoms with Gasteiger partial charge in [0.25, 0.3) is 5.91 Å². The highest BCUT2D eigenvalue weighted by Crippen LogP contribution is 2.33. The quantitative estimate of drug-likeness (QED) is 0.638. The fourth-order valence-electron chi connectivity index (χ4n) is 3.88. The van der Waals surface area contributed by atoms with E-state index in [0.29, 0.717) is 34.5 Å². The van der Waals surface area contributed by atoms with Gasteiger partial charge in [-0.25, -0.2) is 9.18 Å². The predicted molar refractivity (Wildman–Crippen MR) is 113 cm³/mol. The Morgan fingerprint density at radius 1 is 1.20 bits per heavy atom. The van der Waals surface area contributed by atoms with Crippen LogP contribution >= 0.6 is 0 Å². The average Bonchev–Trinajstić information content (AvgIpc) is 3.16. The van der Waals surface area contributed by atoms with Crippen molar-refractivity contribution in [3.05, 3.63) is 64.7 Å². The fourth-order valence-corrected chi connectivity index (χ4v) is 3.88. The molecular formula is C23H24FN3O3. The number of fused-ring (bicyclic) bond motifs is 2. The molecule has 0 bridgehead atoms. The number of anilines is 1. The van der Waals surface area contributed by atoms with Crippen LogP contribution in [0.4, 0.5) is 14.9 Å². The van der Waals surface area contributed by atoms with Crippen LogP contribution in [0.2, 0.25) is 0 Å². The second kappa shape index (κ2) is 7.48. The Kier molecular flexibility index (Phi) is 4.97. The van der Waals surface area contributed by atoms with Gasteiger partial charge in [-0.15, -0.1) is 0 Å². The van der Waals surface area contributed by atoms with Crippen molar-refractivity contribution in [2.45, 2.75) is 33.4 Å². The summed E-state index contributed by atoms with van der Waals surface area (Å²) in [5.74, 6) is 0.252. The molecule has 30 heavy (non-hydrogen) atoms. The summed E-state index contributed by atoms with van der Waals surface area (Å²) >= 11 is 0. The number of nitrogens with zero attached hydrogens (tertiary/aromatic N) is 1. The molecule has 1 aromatic heterocycles. The summed E-state index contributed by atoms with van der Waals surface area (Å²) < 4.78 is 19.6. The summed E-state index contributed by atoms with van der Waals surface area (Å²) in [5.41, 5.74) is 3.47. The number of hydrogen-bond acceptors (Lipinski definition) is 3. The molecule has 3 amide bonds. The van der Waals surface area contributed by atoms with Crippen molar-refractivity contribution in [3.63, 3.8) is 0 Å². The minimum absolute atomic E-state index is 0.0371. The standard InChI is InChI=1S/C23H24FN3O3/c1-12(2)20(21-13(3)17-9-15(24)6-8-19(17)30-21)26-23(29)25-16-7-5-14-11-27(4)22(28)18(14)10-16/h5-10,12,20H,11H2,1-4H3,(H2,25,26,29). The van der Waals surface area contributed by atoms with Crippen molar-refractivity contribution in [1.29, 1.82) is 0 Å². The Hall–Kier alpha value is -3.35. The number of rotatable bonds is 4. The van der Waals surface area contributed by atoms with Crippen LogP contribution in [0.3, 0.4) is 0 Å². The third-order valence-corrected chi connectivity index (χ3v) is 5.52. The molecule has 6 nitrogen and oxygen atoms in total. The molecule has 3 aromatic rings. The van der Waals surface area contributed by atoms with E-state index in [1.807, 2.05) is 26.8 Å². The molecule has 1 unspecified atom stereocenters. The molecule has 1 atom stereocenters. The lowest BCUT2D eigenvalue weighted by Crippen LogP contribution is -2.35. The van der Waals surface area contributed by atoms with E-state index in [1.54, 1.807) is 30.1 Å². The maximum Gasteiger partial charge on any atom is 0.319 e. The normalized spacial score (nSPS) is 14.3. The van der Waals surface area contributed by atoms with E-state index in [4.69, 9.17) is 4.42 Å². The zero-order chi connectivity index (χ0) is 21.6. The maximum atomic E-state index is 13.6. The van der Waals surface area contributed by atoms with Gasteiger partial charge in [0.1, 0.15) is 17.2 Å². The number of furan rings is 1. The number of benzene rings is 2. The summed E-state index contributed by atoms with van der Waals surface area (Å²) in [4.78, 5) is 26.5. The van der Waals surface area contributed by atoms with Gasteiger partial charge >= 0.3 is 6.03 Å². The van der Waals surface area contributed by atoms with Gasteiger partial charge in [-0.2, -0.15) is 0 Å². The summed E-state index contributed by atoms with van der Waals surface area (Å²) in [6, 6.07) is 8.91. The Balaban J connectivity index is 1.55. The Morgan fingerprint density at radius 2 is 1.97 bits per heavy atom. The molecule has 0 fully saturated rings. The van der Waals surface area contributed by atoms with Gasteiger partial charge in [-0.1, -0.05) is 19.9 Å². The predicted octanol–water partition coefficient (Wildman–Crippen LogP) is 4.98. The number of nitrogens with one attached hydrogen (secondary N) is 2. The third-order valence-electron chi connectivity index (χ3n) is 5.52. The summed E-state index contributed by atoms with van der Waals surface area (Å²) in [5, 5.41) is 6.45. The number of halogens is 1. The number of aryl methyl sites for hydroxylation is 1. The lowest BCUT2D eigenvalue weighted by molar-refractivity contribution is 0.0816. The van der Waals surface area contributed by atoms with Crippen LogP contribution < -0.4 is 10.6 Å². The first-order valence-corrected chi connectivity index (χ1v) is 9.89. The van der Waals surface area contributed by atoms with Crippen molar-refractivity contribution in [1.82, 2.24) is 10.2 Å². The van der Waals surface area contributed by atoms with Crippen LogP contribution in [0.15, 0.2) is 40.8 Å². The SMILES string of the molecule is Cc1c(C(NC(=O)Nc2ccc3c(c2)C(=O)N(C)C3)C(C)C)oc2ccc(F)cc12. The molecule has 0 saturated heterocycles. The van der Waals surface area contributed by atoms with Crippen LogP contribution in [-0.4, -0.2) is 23.9 Å². The monoisotopic (exact) mass is 409 g/mol. The van der Waals surface area contributed by atoms with E-state index in [-0.39, 0.29) is 17.6 Å². The highest BCUT2D eigenvalue weighted by atomic mass is 19.1. The first-order valence-electron chi connectivity index (χ1n) is 9.89. The molecule has 156 valence electrons. The first-order chi connectivity index (χ1) is 14.2. The van der Waals surface area contributed by atoms with E-state index >= 15 is 0 Å². The lowest BCUT2D eigenvalue weighted by Gasteiger charge is -2.21. The number of carbonyl (C=O) groups excluding carboxylic acids is 2. The smallest absolute Gasteiger partial charge is 0.319 e. The van der Waals surface area contributed by atoms with Gasteiger partial charge in [-0.05, 0) is 48.7 Å². The largest absolute Gasteiger partial charge is 0.459 e. The van der Waals surface area contributed by atoms with Gasteiger partial charge in [0, 0.05) is 35.8 Å². The molecule has 1 aliphatic rings. The Morgan fingerprint density at radius 3 is 2.70 bits per heavy atom. The van der Waals surface area contributed by atoms with Crippen molar-refractivity contribution in [2.24, 2.45) is 5.92 Å². The van der Waals surface area contributed by atoms with Crippen LogP contribution in [0.25, 0.3) is 11.0 Å². The van der Waals surface area contributed by atoms with Crippen LogP contribution in [-0.2, 0) is 6.54 Å². The van der Waals surface area contributed by atoms with E-state index in [2.05, 4.69) is 10.6 Å². The molecule has 2 N–H and O–H groups in total. The molecule has 4 rings (SSSR count). The van der Waals surface area contributed by atoms with E-state index in [9.17, 15) is 14.0 Å². The summed E-state index contributed by atoms with van der Waals surface area (Å²) in [6.45, 7) is 6.38. The van der Waals surface area contributed by atoms with Gasteiger partial charge in [-0.3, -0.25) is 4.79 Å². The highest BCUT2D eigenvalue weighted by molar-refractivity contribution is 6.00. The minimum Gasteiger partial charge on any atom is -0.459 e. The topological polar surface area (TPSA) is 74.6 Å². The highest BCUT2D eigenvalue weighted by Gasteiger charge is 2.27. The number of carbonyl (C=O) groups is 2. The van der Waals surface area contributed by atoms with Crippen molar-refractivity contribution >= 4 is 28.6 Å². The zero-order valence-corrected chi connectivity index (χ0v) is 17.4. The average molecular weight is 409 g/mol.